The van der Waals surface area contributed by atoms with Crippen LogP contribution in [0.3, 0.4) is 0 Å². The normalized spacial score (nSPS) is 11.5. The number of amides is 2. The fourth-order valence-corrected chi connectivity index (χ4v) is 5.86. The number of thiophene rings is 1. The largest absolute Gasteiger partial charge is 0.333 e. The molecule has 0 aliphatic heterocycles. The van der Waals surface area contributed by atoms with E-state index in [1.807, 2.05) is 4.72 Å². The van der Waals surface area contributed by atoms with Gasteiger partial charge in [0.15, 0.2) is 0 Å². The highest BCUT2D eigenvalue weighted by atomic mass is 35.5. The maximum absolute atomic E-state index is 13.2. The Hall–Kier alpha value is -3.01. The van der Waals surface area contributed by atoms with Gasteiger partial charge in [-0.05, 0) is 49.4 Å². The van der Waals surface area contributed by atoms with Crippen LogP contribution in [0, 0.1) is 6.92 Å². The van der Waals surface area contributed by atoms with E-state index in [1.54, 1.807) is 25.1 Å². The van der Waals surface area contributed by atoms with Gasteiger partial charge in [0.2, 0.25) is 0 Å². The summed E-state index contributed by atoms with van der Waals surface area (Å²) in [6.45, 7) is 1.67. The van der Waals surface area contributed by atoms with Gasteiger partial charge in [0.05, 0.1) is 46.3 Å². The number of sulfonamides is 1. The maximum atomic E-state index is 13.2. The molecule has 11 nitrogen and oxygen atoms in total. The Morgan fingerprint density at radius 3 is 2.66 bits per heavy atom. The molecule has 0 aliphatic carbocycles. The zero-order chi connectivity index (χ0) is 25.2. The van der Waals surface area contributed by atoms with Crippen LogP contribution in [-0.4, -0.2) is 36.1 Å². The van der Waals surface area contributed by atoms with Gasteiger partial charge in [-0.15, -0.1) is 11.3 Å². The summed E-state index contributed by atoms with van der Waals surface area (Å²) in [5.41, 5.74) is 0.369. The highest BCUT2D eigenvalue weighted by Gasteiger charge is 2.20. The third kappa shape index (κ3) is 5.63. The molecular formula is C20H16ClN5O6S3. The molecule has 15 heteroatoms. The molecule has 0 aliphatic rings. The smallest absolute Gasteiger partial charge is 0.306 e. The summed E-state index contributed by atoms with van der Waals surface area (Å²) in [4.78, 5) is 39.3. The number of hydrogen-bond donors (Lipinski definition) is 2. The molecule has 0 spiro atoms. The summed E-state index contributed by atoms with van der Waals surface area (Å²) < 4.78 is 32.7. The van der Waals surface area contributed by atoms with Gasteiger partial charge in [0.1, 0.15) is 15.9 Å². The third-order valence-corrected chi connectivity index (χ3v) is 8.19. The molecule has 0 atom stereocenters. The average molecular weight is 554 g/mol. The number of nitrogens with zero attached hydrogens (tertiary/aromatic N) is 3. The number of halogens is 1. The SMILES string of the molecule is COOSc1ccc2nc(C)n(-c3ccc(NC(=O)NS(=O)(=O)c4ccc(Cl)s4)cn3)c(=O)c2c1. The van der Waals surface area contributed by atoms with E-state index in [0.29, 0.717) is 21.6 Å². The zero-order valence-electron chi connectivity index (χ0n) is 18.0. The summed E-state index contributed by atoms with van der Waals surface area (Å²) in [5, 5.41) is 2.74. The van der Waals surface area contributed by atoms with Crippen molar-refractivity contribution in [3.8, 4) is 5.82 Å². The van der Waals surface area contributed by atoms with Crippen LogP contribution in [0.25, 0.3) is 16.7 Å². The predicted octanol–water partition coefficient (Wildman–Crippen LogP) is 3.90. The standard InChI is InChI=1S/C20H16ClN5O6S3/c1-11-23-15-5-4-13(34-32-31-2)9-14(15)19(27)26(11)17-7-3-12(10-22-17)24-20(28)25-35(29,30)18-8-6-16(21)33-18/h3-10H,1-2H3,(H2,24,25,28). The summed E-state index contributed by atoms with van der Waals surface area (Å²) in [6, 6.07) is 9.79. The summed E-state index contributed by atoms with van der Waals surface area (Å²) in [7, 11) is -2.70. The predicted molar refractivity (Wildman–Crippen MR) is 132 cm³/mol. The van der Waals surface area contributed by atoms with E-state index in [0.717, 1.165) is 23.4 Å². The molecule has 3 heterocycles. The fourth-order valence-electron chi connectivity index (χ4n) is 3.03. The molecule has 35 heavy (non-hydrogen) atoms. The van der Waals surface area contributed by atoms with Crippen LogP contribution in [0.2, 0.25) is 4.34 Å². The highest BCUT2D eigenvalue weighted by Crippen LogP contribution is 2.25. The van der Waals surface area contributed by atoms with E-state index in [2.05, 4.69) is 20.2 Å². The number of carbonyl (C=O) groups is 1. The van der Waals surface area contributed by atoms with Crippen molar-refractivity contribution in [2.45, 2.75) is 16.0 Å². The van der Waals surface area contributed by atoms with Crippen molar-refractivity contribution in [1.29, 1.82) is 0 Å². The second-order valence-electron chi connectivity index (χ2n) is 6.82. The summed E-state index contributed by atoms with van der Waals surface area (Å²) in [5.74, 6) is 0.669. The molecule has 0 saturated heterocycles. The topological polar surface area (TPSA) is 142 Å². The molecule has 0 radical (unpaired) electrons. The zero-order valence-corrected chi connectivity index (χ0v) is 21.2. The van der Waals surface area contributed by atoms with E-state index in [-0.39, 0.29) is 25.6 Å². The van der Waals surface area contributed by atoms with E-state index in [9.17, 15) is 18.0 Å². The number of anilines is 1. The first kappa shape index (κ1) is 25.1. The van der Waals surface area contributed by atoms with Gasteiger partial charge >= 0.3 is 6.03 Å². The number of benzene rings is 1. The quantitative estimate of drug-likeness (QED) is 0.198. The van der Waals surface area contributed by atoms with Gasteiger partial charge < -0.3 is 5.32 Å². The molecule has 4 aromatic rings. The van der Waals surface area contributed by atoms with E-state index in [1.165, 1.54) is 42.1 Å². The monoisotopic (exact) mass is 553 g/mol. The highest BCUT2D eigenvalue weighted by molar-refractivity contribution is 7.94. The number of aromatic nitrogens is 3. The average Bonchev–Trinajstić information content (AvgIpc) is 3.26. The van der Waals surface area contributed by atoms with Gasteiger partial charge in [-0.1, -0.05) is 11.6 Å². The van der Waals surface area contributed by atoms with E-state index in [4.69, 9.17) is 15.9 Å². The molecule has 0 fully saturated rings. The molecule has 0 saturated carbocycles. The lowest BCUT2D eigenvalue weighted by molar-refractivity contribution is -0.160. The van der Waals surface area contributed by atoms with Crippen LogP contribution in [0.4, 0.5) is 10.5 Å². The van der Waals surface area contributed by atoms with Crippen LogP contribution >= 0.6 is 35.0 Å². The molecule has 2 N–H and O–H groups in total. The van der Waals surface area contributed by atoms with Crippen molar-refractivity contribution < 1.29 is 22.4 Å². The molecule has 4 rings (SSSR count). The number of rotatable bonds is 7. The third-order valence-electron chi connectivity index (χ3n) is 4.48. The van der Waals surface area contributed by atoms with Crippen molar-refractivity contribution >= 4 is 67.6 Å². The van der Waals surface area contributed by atoms with Crippen molar-refractivity contribution in [1.82, 2.24) is 19.3 Å². The second kappa shape index (κ2) is 10.3. The molecule has 182 valence electrons. The first-order valence-electron chi connectivity index (χ1n) is 9.64. The Balaban J connectivity index is 1.55. The molecule has 3 aromatic heterocycles. The minimum absolute atomic E-state index is 0.0971. The van der Waals surface area contributed by atoms with E-state index < -0.39 is 16.1 Å². The first-order chi connectivity index (χ1) is 16.7. The van der Waals surface area contributed by atoms with Crippen LogP contribution in [0.1, 0.15) is 5.82 Å². The molecule has 0 bridgehead atoms. The van der Waals surface area contributed by atoms with Gasteiger partial charge in [-0.25, -0.2) is 37.4 Å². The lowest BCUT2D eigenvalue weighted by atomic mass is 10.2. The number of urea groups is 1. The van der Waals surface area contributed by atoms with Crippen molar-refractivity contribution in [3.05, 3.63) is 69.2 Å². The van der Waals surface area contributed by atoms with Crippen LogP contribution in [0.5, 0.6) is 0 Å². The van der Waals surface area contributed by atoms with Crippen LogP contribution in [-0.2, 0) is 19.2 Å². The van der Waals surface area contributed by atoms with Gasteiger partial charge in [0.25, 0.3) is 15.6 Å². The second-order valence-corrected chi connectivity index (χ2v) is 11.2. The Labute approximate surface area is 212 Å². The Morgan fingerprint density at radius 2 is 2.00 bits per heavy atom. The number of aryl methyl sites for hydroxylation is 1. The number of hydrogen-bond acceptors (Lipinski definition) is 10. The number of fused-ring (bicyclic) bond motifs is 1. The van der Waals surface area contributed by atoms with Gasteiger partial charge in [-0.2, -0.15) is 4.33 Å². The summed E-state index contributed by atoms with van der Waals surface area (Å²) >= 11 is 7.53. The van der Waals surface area contributed by atoms with E-state index >= 15 is 0 Å². The minimum Gasteiger partial charge on any atom is -0.306 e. The summed E-state index contributed by atoms with van der Waals surface area (Å²) in [6.07, 6.45) is 1.29. The molecule has 1 aromatic carbocycles. The first-order valence-corrected chi connectivity index (χ1v) is 13.1. The molecule has 2 amide bonds. The van der Waals surface area contributed by atoms with Crippen molar-refractivity contribution in [3.63, 3.8) is 0 Å². The van der Waals surface area contributed by atoms with Gasteiger partial charge in [-0.3, -0.25) is 4.79 Å². The van der Waals surface area contributed by atoms with Crippen LogP contribution < -0.4 is 15.6 Å². The maximum Gasteiger partial charge on any atom is 0.333 e. The minimum atomic E-state index is -4.07. The number of carbonyl (C=O) groups excluding carboxylic acids is 1. The van der Waals surface area contributed by atoms with Crippen molar-refractivity contribution in [2.75, 3.05) is 12.4 Å². The van der Waals surface area contributed by atoms with Crippen molar-refractivity contribution in [2.24, 2.45) is 0 Å². The lowest BCUT2D eigenvalue weighted by Crippen LogP contribution is -2.34. The van der Waals surface area contributed by atoms with Crippen LogP contribution in [0.15, 0.2) is 62.6 Å². The number of nitrogens with one attached hydrogen (secondary N) is 2. The Bertz CT molecular complexity index is 1570. The lowest BCUT2D eigenvalue weighted by Gasteiger charge is -2.12. The fraction of sp³-hybridized carbons (Fsp3) is 0.100. The Morgan fingerprint density at radius 1 is 1.20 bits per heavy atom. The van der Waals surface area contributed by atoms with Gasteiger partial charge in [0, 0.05) is 4.90 Å². The molecular weight excluding hydrogens is 538 g/mol. The Kier molecular flexibility index (Phi) is 7.39. The molecule has 0 unspecified atom stereocenters. The number of pyridine rings is 1.